The van der Waals surface area contributed by atoms with Gasteiger partial charge in [-0.1, -0.05) is 19.9 Å². The van der Waals surface area contributed by atoms with E-state index >= 15 is 0 Å². The molecule has 3 amide bonds. The Hall–Kier alpha value is -3.22. The normalized spacial score (nSPS) is 13.8. The molecule has 0 aliphatic carbocycles. The lowest BCUT2D eigenvalue weighted by molar-refractivity contribution is -0.129. The Labute approximate surface area is 164 Å². The molecular formula is C21H24N4O3. The van der Waals surface area contributed by atoms with Gasteiger partial charge in [-0.3, -0.25) is 19.4 Å². The summed E-state index contributed by atoms with van der Waals surface area (Å²) in [5, 5.41) is 5.68. The highest BCUT2D eigenvalue weighted by Crippen LogP contribution is 2.26. The minimum absolute atomic E-state index is 0.0282. The van der Waals surface area contributed by atoms with Crippen LogP contribution in [0, 0.1) is 5.92 Å². The van der Waals surface area contributed by atoms with E-state index in [0.29, 0.717) is 24.3 Å². The monoisotopic (exact) mass is 380 g/mol. The average molecular weight is 380 g/mol. The summed E-state index contributed by atoms with van der Waals surface area (Å²) in [7, 11) is 0. The van der Waals surface area contributed by atoms with Crippen LogP contribution in [0.25, 0.3) is 0 Å². The van der Waals surface area contributed by atoms with Gasteiger partial charge in [-0.15, -0.1) is 0 Å². The maximum atomic E-state index is 12.8. The highest BCUT2D eigenvalue weighted by molar-refractivity contribution is 6.01. The van der Waals surface area contributed by atoms with E-state index in [2.05, 4.69) is 15.6 Å². The van der Waals surface area contributed by atoms with Crippen molar-refractivity contribution in [3.8, 4) is 0 Å². The second-order valence-corrected chi connectivity index (χ2v) is 7.28. The summed E-state index contributed by atoms with van der Waals surface area (Å²) in [5.74, 6) is -0.657. The van der Waals surface area contributed by atoms with Crippen LogP contribution >= 0.6 is 0 Å². The van der Waals surface area contributed by atoms with Gasteiger partial charge in [-0.05, 0) is 41.3 Å². The van der Waals surface area contributed by atoms with Gasteiger partial charge >= 0.3 is 0 Å². The van der Waals surface area contributed by atoms with Gasteiger partial charge in [0.05, 0.1) is 0 Å². The number of carbonyl (C=O) groups is 3. The van der Waals surface area contributed by atoms with Gasteiger partial charge in [0.25, 0.3) is 5.91 Å². The molecule has 1 unspecified atom stereocenters. The summed E-state index contributed by atoms with van der Waals surface area (Å²) in [6.45, 7) is 6.44. The molecule has 0 saturated carbocycles. The molecule has 2 heterocycles. The zero-order chi connectivity index (χ0) is 20.3. The molecule has 2 N–H and O–H groups in total. The number of amides is 3. The van der Waals surface area contributed by atoms with Crippen molar-refractivity contribution < 1.29 is 14.4 Å². The molecule has 1 aliphatic heterocycles. The molecule has 146 valence electrons. The number of nitrogens with one attached hydrogen (secondary N) is 2. The number of fused-ring (bicyclic) bond motifs is 1. The third-order valence-electron chi connectivity index (χ3n) is 4.82. The van der Waals surface area contributed by atoms with Gasteiger partial charge in [-0.25, -0.2) is 0 Å². The molecule has 7 heteroatoms. The topological polar surface area (TPSA) is 91.4 Å². The van der Waals surface area contributed by atoms with Gasteiger partial charge < -0.3 is 15.5 Å². The highest BCUT2D eigenvalue weighted by Gasteiger charge is 2.26. The molecule has 1 aromatic carbocycles. The van der Waals surface area contributed by atoms with Crippen molar-refractivity contribution >= 4 is 23.4 Å². The summed E-state index contributed by atoms with van der Waals surface area (Å²) in [6.07, 6.45) is 3.07. The van der Waals surface area contributed by atoms with E-state index < -0.39 is 6.04 Å². The van der Waals surface area contributed by atoms with E-state index in [4.69, 9.17) is 0 Å². The number of hydrogen-bond donors (Lipinski definition) is 2. The molecule has 3 rings (SSSR count). The number of nitrogens with zero attached hydrogens (tertiary/aromatic N) is 2. The summed E-state index contributed by atoms with van der Waals surface area (Å²) < 4.78 is 0. The standard InChI is InChI=1S/C21H24N4O3/c1-13(2)19(24-20(27)15-6-8-22-9-7-15)21(28)23-18-5-4-16-11-25(14(3)26)12-17(16)10-18/h4-10,13,19H,11-12H2,1-3H3,(H,23,28)(H,24,27). The average Bonchev–Trinajstić information content (AvgIpc) is 3.10. The van der Waals surface area contributed by atoms with Crippen molar-refractivity contribution in [2.45, 2.75) is 39.9 Å². The SMILES string of the molecule is CC(=O)N1Cc2ccc(NC(=O)C(NC(=O)c3ccncc3)C(C)C)cc2C1. The molecule has 0 fully saturated rings. The number of hydrogen-bond acceptors (Lipinski definition) is 4. The number of benzene rings is 1. The third kappa shape index (κ3) is 4.36. The van der Waals surface area contributed by atoms with Gasteiger partial charge in [0.2, 0.25) is 11.8 Å². The number of anilines is 1. The quantitative estimate of drug-likeness (QED) is 0.833. The number of pyridine rings is 1. The summed E-state index contributed by atoms with van der Waals surface area (Å²) in [6, 6.07) is 8.16. The molecule has 0 saturated heterocycles. The maximum absolute atomic E-state index is 12.8. The molecule has 1 aliphatic rings. The molecule has 1 aromatic heterocycles. The minimum atomic E-state index is -0.678. The third-order valence-corrected chi connectivity index (χ3v) is 4.82. The first-order valence-corrected chi connectivity index (χ1v) is 9.24. The fourth-order valence-corrected chi connectivity index (χ4v) is 3.18. The second-order valence-electron chi connectivity index (χ2n) is 7.28. The van der Waals surface area contributed by atoms with E-state index in [-0.39, 0.29) is 23.6 Å². The Morgan fingerprint density at radius 3 is 2.36 bits per heavy atom. The predicted molar refractivity (Wildman–Crippen MR) is 105 cm³/mol. The predicted octanol–water partition coefficient (Wildman–Crippen LogP) is 2.34. The van der Waals surface area contributed by atoms with Crippen LogP contribution in [-0.2, 0) is 22.7 Å². The van der Waals surface area contributed by atoms with Gasteiger partial charge in [0.1, 0.15) is 6.04 Å². The summed E-state index contributed by atoms with van der Waals surface area (Å²) in [4.78, 5) is 42.4. The lowest BCUT2D eigenvalue weighted by Gasteiger charge is -2.22. The first-order chi connectivity index (χ1) is 13.3. The van der Waals surface area contributed by atoms with E-state index in [1.807, 2.05) is 32.0 Å². The van der Waals surface area contributed by atoms with Crippen molar-refractivity contribution in [2.75, 3.05) is 5.32 Å². The minimum Gasteiger partial charge on any atom is -0.340 e. The second kappa shape index (κ2) is 8.21. The zero-order valence-electron chi connectivity index (χ0n) is 16.2. The van der Waals surface area contributed by atoms with Crippen LogP contribution in [0.5, 0.6) is 0 Å². The Kier molecular flexibility index (Phi) is 5.73. The molecule has 28 heavy (non-hydrogen) atoms. The van der Waals surface area contributed by atoms with Crippen LogP contribution in [0.15, 0.2) is 42.7 Å². The van der Waals surface area contributed by atoms with Crippen LogP contribution in [0.3, 0.4) is 0 Å². The molecular weight excluding hydrogens is 356 g/mol. The van der Waals surface area contributed by atoms with Crippen molar-refractivity contribution in [2.24, 2.45) is 5.92 Å². The number of carbonyl (C=O) groups excluding carboxylic acids is 3. The Balaban J connectivity index is 1.69. The Bertz CT molecular complexity index is 896. The first kappa shape index (κ1) is 19.5. The van der Waals surface area contributed by atoms with Crippen LogP contribution < -0.4 is 10.6 Å². The van der Waals surface area contributed by atoms with E-state index in [9.17, 15) is 14.4 Å². The Morgan fingerprint density at radius 2 is 1.71 bits per heavy atom. The van der Waals surface area contributed by atoms with Gasteiger partial charge in [-0.2, -0.15) is 0 Å². The lowest BCUT2D eigenvalue weighted by atomic mass is 10.0. The van der Waals surface area contributed by atoms with Crippen molar-refractivity contribution in [3.63, 3.8) is 0 Å². The summed E-state index contributed by atoms with van der Waals surface area (Å²) >= 11 is 0. The van der Waals surface area contributed by atoms with Crippen LogP contribution in [0.4, 0.5) is 5.69 Å². The largest absolute Gasteiger partial charge is 0.340 e. The van der Waals surface area contributed by atoms with Crippen molar-refractivity contribution in [1.82, 2.24) is 15.2 Å². The zero-order valence-corrected chi connectivity index (χ0v) is 16.2. The molecule has 1 atom stereocenters. The lowest BCUT2D eigenvalue weighted by Crippen LogP contribution is -2.47. The van der Waals surface area contributed by atoms with Gasteiger partial charge in [0, 0.05) is 43.7 Å². The van der Waals surface area contributed by atoms with Crippen molar-refractivity contribution in [1.29, 1.82) is 0 Å². The van der Waals surface area contributed by atoms with Crippen LogP contribution in [-0.4, -0.2) is 33.6 Å². The fourth-order valence-electron chi connectivity index (χ4n) is 3.18. The first-order valence-electron chi connectivity index (χ1n) is 9.24. The molecule has 7 nitrogen and oxygen atoms in total. The van der Waals surface area contributed by atoms with E-state index in [0.717, 1.165) is 11.1 Å². The maximum Gasteiger partial charge on any atom is 0.252 e. The number of rotatable bonds is 5. The molecule has 2 aromatic rings. The molecule has 0 spiro atoms. The van der Waals surface area contributed by atoms with Crippen molar-refractivity contribution in [3.05, 3.63) is 59.4 Å². The van der Waals surface area contributed by atoms with E-state index in [1.54, 1.807) is 24.0 Å². The summed E-state index contributed by atoms with van der Waals surface area (Å²) in [5.41, 5.74) is 3.21. The van der Waals surface area contributed by atoms with Crippen LogP contribution in [0.1, 0.15) is 42.3 Å². The number of aromatic nitrogens is 1. The fraction of sp³-hybridized carbons (Fsp3) is 0.333. The van der Waals surface area contributed by atoms with E-state index in [1.165, 1.54) is 12.4 Å². The van der Waals surface area contributed by atoms with Crippen LogP contribution in [0.2, 0.25) is 0 Å². The molecule has 0 radical (unpaired) electrons. The molecule has 0 bridgehead atoms. The Morgan fingerprint density at radius 1 is 1.04 bits per heavy atom. The highest BCUT2D eigenvalue weighted by atomic mass is 16.2. The smallest absolute Gasteiger partial charge is 0.252 e. The van der Waals surface area contributed by atoms with Gasteiger partial charge in [0.15, 0.2) is 0 Å².